The van der Waals surface area contributed by atoms with Gasteiger partial charge in [-0.05, 0) is 57.0 Å². The number of fused-ring (bicyclic) bond motifs is 2. The van der Waals surface area contributed by atoms with E-state index in [4.69, 9.17) is 4.74 Å². The minimum Gasteiger partial charge on any atom is -0.496 e. The molecular weight excluding hydrogens is 348 g/mol. The van der Waals surface area contributed by atoms with Gasteiger partial charge in [0, 0.05) is 29.6 Å². The number of likely N-dealkylation sites (tertiary alicyclic amines) is 1. The lowest BCUT2D eigenvalue weighted by atomic mass is 9.75. The molecule has 1 amide bonds. The molecule has 0 aliphatic carbocycles. The molecule has 0 unspecified atom stereocenters. The first-order chi connectivity index (χ1) is 13.7. The number of benzene rings is 2. The van der Waals surface area contributed by atoms with Crippen molar-refractivity contribution in [2.75, 3.05) is 26.7 Å². The molecule has 0 saturated carbocycles. The first-order valence-electron chi connectivity index (χ1n) is 10.4. The third-order valence-electron chi connectivity index (χ3n) is 7.06. The van der Waals surface area contributed by atoms with Gasteiger partial charge in [-0.1, -0.05) is 35.9 Å². The summed E-state index contributed by atoms with van der Waals surface area (Å²) < 4.78 is 5.69. The average Bonchev–Trinajstić information content (AvgIpc) is 3.16. The zero-order valence-electron chi connectivity index (χ0n) is 16.7. The van der Waals surface area contributed by atoms with Crippen molar-refractivity contribution in [2.45, 2.75) is 37.8 Å². The SMILES string of the molecule is COc1ccccc1[C@H]1CN(C(=O)c2cccc(C)c2)[C@@H]2C3CCN(CC3)[C@H]12. The molecule has 0 aromatic heterocycles. The minimum atomic E-state index is 0.185. The number of ether oxygens (including phenoxy) is 1. The molecule has 4 heteroatoms. The van der Waals surface area contributed by atoms with Gasteiger partial charge in [0.1, 0.15) is 5.75 Å². The molecule has 4 saturated heterocycles. The van der Waals surface area contributed by atoms with Crippen molar-refractivity contribution >= 4 is 5.91 Å². The van der Waals surface area contributed by atoms with Crippen LogP contribution in [-0.4, -0.2) is 54.5 Å². The number of carbonyl (C=O) groups is 1. The summed E-state index contributed by atoms with van der Waals surface area (Å²) in [5, 5.41) is 0. The lowest BCUT2D eigenvalue weighted by Crippen LogP contribution is -2.60. The smallest absolute Gasteiger partial charge is 0.254 e. The summed E-state index contributed by atoms with van der Waals surface area (Å²) in [6.07, 6.45) is 2.41. The van der Waals surface area contributed by atoms with Crippen LogP contribution in [0.25, 0.3) is 0 Å². The molecule has 0 N–H and O–H groups in total. The summed E-state index contributed by atoms with van der Waals surface area (Å²) in [7, 11) is 1.74. The molecule has 0 radical (unpaired) electrons. The molecule has 4 aliphatic rings. The Balaban J connectivity index is 1.55. The number of aryl methyl sites for hydroxylation is 1. The van der Waals surface area contributed by atoms with Crippen LogP contribution in [0.1, 0.15) is 40.2 Å². The van der Waals surface area contributed by atoms with Gasteiger partial charge in [-0.3, -0.25) is 9.69 Å². The van der Waals surface area contributed by atoms with Crippen molar-refractivity contribution in [3.63, 3.8) is 0 Å². The number of rotatable bonds is 3. The first kappa shape index (κ1) is 17.7. The van der Waals surface area contributed by atoms with Gasteiger partial charge in [0.15, 0.2) is 0 Å². The Morgan fingerprint density at radius 3 is 2.57 bits per heavy atom. The van der Waals surface area contributed by atoms with Crippen LogP contribution in [0.3, 0.4) is 0 Å². The number of hydrogen-bond donors (Lipinski definition) is 0. The second kappa shape index (κ2) is 6.93. The Kier molecular flexibility index (Phi) is 4.39. The lowest BCUT2D eigenvalue weighted by Gasteiger charge is -2.51. The van der Waals surface area contributed by atoms with E-state index < -0.39 is 0 Å². The van der Waals surface area contributed by atoms with Crippen LogP contribution in [0.5, 0.6) is 5.75 Å². The van der Waals surface area contributed by atoms with Crippen molar-refractivity contribution in [1.29, 1.82) is 0 Å². The first-order valence-corrected chi connectivity index (χ1v) is 10.4. The van der Waals surface area contributed by atoms with E-state index in [1.54, 1.807) is 7.11 Å². The monoisotopic (exact) mass is 376 g/mol. The van der Waals surface area contributed by atoms with Crippen molar-refractivity contribution < 1.29 is 9.53 Å². The number of methoxy groups -OCH3 is 1. The lowest BCUT2D eigenvalue weighted by molar-refractivity contribution is -0.00350. The molecule has 4 aliphatic heterocycles. The Bertz CT molecular complexity index is 888. The number of piperidine rings is 3. The normalized spacial score (nSPS) is 30.9. The van der Waals surface area contributed by atoms with Gasteiger partial charge in [0.2, 0.25) is 0 Å². The van der Waals surface area contributed by atoms with Gasteiger partial charge in [-0.25, -0.2) is 0 Å². The van der Waals surface area contributed by atoms with Crippen molar-refractivity contribution in [3.05, 3.63) is 65.2 Å². The minimum absolute atomic E-state index is 0.185. The highest BCUT2D eigenvalue weighted by molar-refractivity contribution is 5.95. The fourth-order valence-electron chi connectivity index (χ4n) is 5.84. The molecule has 146 valence electrons. The highest BCUT2D eigenvalue weighted by Gasteiger charge is 2.55. The zero-order valence-corrected chi connectivity index (χ0v) is 16.7. The Morgan fingerprint density at radius 2 is 1.82 bits per heavy atom. The molecular formula is C24H28N2O2. The van der Waals surface area contributed by atoms with E-state index in [0.717, 1.165) is 36.5 Å². The van der Waals surface area contributed by atoms with Crippen LogP contribution >= 0.6 is 0 Å². The molecule has 2 bridgehead atoms. The summed E-state index contributed by atoms with van der Waals surface area (Å²) in [4.78, 5) is 18.4. The third kappa shape index (κ3) is 2.74. The molecule has 0 spiro atoms. The van der Waals surface area contributed by atoms with Crippen molar-refractivity contribution in [2.24, 2.45) is 5.92 Å². The molecule has 4 heterocycles. The summed E-state index contributed by atoms with van der Waals surface area (Å²) in [6, 6.07) is 17.1. The van der Waals surface area contributed by atoms with Crippen LogP contribution in [0.4, 0.5) is 0 Å². The molecule has 6 rings (SSSR count). The highest BCUT2D eigenvalue weighted by atomic mass is 16.5. The Morgan fingerprint density at radius 1 is 1.04 bits per heavy atom. The van der Waals surface area contributed by atoms with Crippen LogP contribution in [0, 0.1) is 12.8 Å². The Hall–Kier alpha value is -2.33. The maximum atomic E-state index is 13.5. The van der Waals surface area contributed by atoms with E-state index in [-0.39, 0.29) is 5.91 Å². The average molecular weight is 377 g/mol. The predicted octanol–water partition coefficient (Wildman–Crippen LogP) is 3.71. The molecule has 2 aromatic rings. The molecule has 2 aromatic carbocycles. The van der Waals surface area contributed by atoms with Gasteiger partial charge in [0.05, 0.1) is 13.2 Å². The maximum absolute atomic E-state index is 13.5. The largest absolute Gasteiger partial charge is 0.496 e. The standard InChI is InChI=1S/C24H28N2O2/c1-16-6-5-7-18(14-16)24(27)26-15-20(19-8-3-4-9-21(19)28-2)23-22(26)17-10-12-25(23)13-11-17/h3-9,14,17,20,22-23H,10-13,15H2,1-2H3/t20-,22-,23-/m1/s1. The quantitative estimate of drug-likeness (QED) is 0.819. The fourth-order valence-corrected chi connectivity index (χ4v) is 5.84. The Labute approximate surface area is 167 Å². The third-order valence-corrected chi connectivity index (χ3v) is 7.06. The second-order valence-electron chi connectivity index (χ2n) is 8.53. The van der Waals surface area contributed by atoms with E-state index >= 15 is 0 Å². The number of hydrogen-bond acceptors (Lipinski definition) is 3. The van der Waals surface area contributed by atoms with E-state index in [0.29, 0.717) is 23.9 Å². The molecule has 4 nitrogen and oxygen atoms in total. The van der Waals surface area contributed by atoms with E-state index in [2.05, 4.69) is 34.9 Å². The van der Waals surface area contributed by atoms with E-state index in [9.17, 15) is 4.79 Å². The number of carbonyl (C=O) groups excluding carboxylic acids is 1. The maximum Gasteiger partial charge on any atom is 0.254 e. The van der Waals surface area contributed by atoms with Crippen molar-refractivity contribution in [3.8, 4) is 5.75 Å². The van der Waals surface area contributed by atoms with E-state index in [1.807, 2.05) is 30.3 Å². The van der Waals surface area contributed by atoms with Gasteiger partial charge < -0.3 is 9.64 Å². The topological polar surface area (TPSA) is 32.8 Å². The zero-order chi connectivity index (χ0) is 19.3. The summed E-state index contributed by atoms with van der Waals surface area (Å²) in [6.45, 7) is 5.14. The molecule has 28 heavy (non-hydrogen) atoms. The number of para-hydroxylation sites is 1. The van der Waals surface area contributed by atoms with Gasteiger partial charge in [-0.15, -0.1) is 0 Å². The van der Waals surface area contributed by atoms with Crippen LogP contribution in [0.15, 0.2) is 48.5 Å². The fraction of sp³-hybridized carbons (Fsp3) is 0.458. The summed E-state index contributed by atoms with van der Waals surface area (Å²) in [5.74, 6) is 2.05. The predicted molar refractivity (Wildman–Crippen MR) is 110 cm³/mol. The van der Waals surface area contributed by atoms with Gasteiger partial charge >= 0.3 is 0 Å². The summed E-state index contributed by atoms with van der Waals surface area (Å²) in [5.41, 5.74) is 3.19. The number of nitrogens with zero attached hydrogens (tertiary/aromatic N) is 2. The summed E-state index contributed by atoms with van der Waals surface area (Å²) >= 11 is 0. The van der Waals surface area contributed by atoms with Crippen molar-refractivity contribution in [1.82, 2.24) is 9.80 Å². The highest BCUT2D eigenvalue weighted by Crippen LogP contribution is 2.48. The van der Waals surface area contributed by atoms with Gasteiger partial charge in [0.25, 0.3) is 5.91 Å². The van der Waals surface area contributed by atoms with E-state index in [1.165, 1.54) is 18.4 Å². The molecule has 4 fully saturated rings. The van der Waals surface area contributed by atoms with Crippen LogP contribution in [-0.2, 0) is 0 Å². The van der Waals surface area contributed by atoms with Gasteiger partial charge in [-0.2, -0.15) is 0 Å². The second-order valence-corrected chi connectivity index (χ2v) is 8.53. The molecule has 3 atom stereocenters. The number of amides is 1. The van der Waals surface area contributed by atoms with Crippen LogP contribution in [0.2, 0.25) is 0 Å². The van der Waals surface area contributed by atoms with Crippen LogP contribution < -0.4 is 4.74 Å².